The summed E-state index contributed by atoms with van der Waals surface area (Å²) in [5.41, 5.74) is 15.1. The second-order valence-electron chi connectivity index (χ2n) is 16.7. The Hall–Kier alpha value is -5.41. The third-order valence-electron chi connectivity index (χ3n) is 12.2. The van der Waals surface area contributed by atoms with Gasteiger partial charge in [0, 0.05) is 40.7 Å². The van der Waals surface area contributed by atoms with Crippen LogP contribution in [0.15, 0.2) is 140 Å². The summed E-state index contributed by atoms with van der Waals surface area (Å²) < 4.78 is 0. The van der Waals surface area contributed by atoms with Gasteiger partial charge in [-0.05, 0) is 134 Å². The second kappa shape index (κ2) is 20.3. The van der Waals surface area contributed by atoms with Crippen molar-refractivity contribution in [2.45, 2.75) is 116 Å². The Morgan fingerprint density at radius 3 is 1.00 bits per heavy atom. The highest BCUT2D eigenvalue weighted by molar-refractivity contribution is 5.85. The van der Waals surface area contributed by atoms with Crippen LogP contribution in [0.2, 0.25) is 0 Å². The molecule has 0 saturated carbocycles. The summed E-state index contributed by atoms with van der Waals surface area (Å²) in [6.45, 7) is 0. The number of benzene rings is 4. The minimum absolute atomic E-state index is 1.06. The van der Waals surface area contributed by atoms with Crippen LogP contribution in [-0.2, 0) is 38.5 Å². The third kappa shape index (κ3) is 11.2. The molecule has 7 aromatic rings. The lowest BCUT2D eigenvalue weighted by Crippen LogP contribution is -1.92. The molecule has 294 valence electrons. The Kier molecular flexibility index (Phi) is 13.8. The molecule has 4 aliphatic carbocycles. The maximum absolute atomic E-state index is 4.83. The van der Waals surface area contributed by atoms with Gasteiger partial charge in [-0.3, -0.25) is 15.0 Å². The minimum atomic E-state index is 1.06. The van der Waals surface area contributed by atoms with Crippen molar-refractivity contribution in [3.05, 3.63) is 173 Å². The average molecular weight is 762 g/mol. The molecule has 0 unspecified atom stereocenters. The third-order valence-corrected chi connectivity index (χ3v) is 12.2. The topological polar surface area (TPSA) is 38.7 Å². The molecule has 7 heterocycles. The lowest BCUT2D eigenvalue weighted by molar-refractivity contribution is 0.640. The SMILES string of the molecule is c1cc2ccc1CCCCCCc1ccc(nc1)-c1ccc(cc1)CCCCCCc1ccc3cnc(cc3c1)-c1ccc(cc1)CCCCCCc1ccc-2nc1. The van der Waals surface area contributed by atoms with Crippen LogP contribution in [0.5, 0.6) is 0 Å². The Morgan fingerprint density at radius 2 is 0.586 bits per heavy atom. The van der Waals surface area contributed by atoms with Gasteiger partial charge in [-0.15, -0.1) is 0 Å². The van der Waals surface area contributed by atoms with E-state index in [1.807, 2.05) is 6.20 Å². The van der Waals surface area contributed by atoms with Gasteiger partial charge >= 0.3 is 0 Å². The zero-order chi connectivity index (χ0) is 39.2. The summed E-state index contributed by atoms with van der Waals surface area (Å²) in [4.78, 5) is 14.5. The molecule has 13 bridgehead atoms. The van der Waals surface area contributed by atoms with E-state index in [4.69, 9.17) is 15.0 Å². The molecule has 4 aromatic carbocycles. The van der Waals surface area contributed by atoms with Crippen molar-refractivity contribution in [2.24, 2.45) is 0 Å². The first-order valence-corrected chi connectivity index (χ1v) is 22.3. The highest BCUT2D eigenvalue weighted by Gasteiger charge is 2.07. The van der Waals surface area contributed by atoms with Crippen LogP contribution in [0.3, 0.4) is 0 Å². The smallest absolute Gasteiger partial charge is 0.0708 e. The first-order chi connectivity index (χ1) is 28.7. The lowest BCUT2D eigenvalue weighted by atomic mass is 9.99. The number of hydrogen-bond acceptors (Lipinski definition) is 3. The van der Waals surface area contributed by atoms with E-state index in [1.54, 1.807) is 0 Å². The van der Waals surface area contributed by atoms with E-state index in [0.29, 0.717) is 0 Å². The zero-order valence-corrected chi connectivity index (χ0v) is 34.3. The van der Waals surface area contributed by atoms with Crippen molar-refractivity contribution in [3.8, 4) is 33.8 Å². The van der Waals surface area contributed by atoms with Gasteiger partial charge in [0.15, 0.2) is 0 Å². The van der Waals surface area contributed by atoms with Crippen LogP contribution in [-0.4, -0.2) is 15.0 Å². The fraction of sp³-hybridized carbons (Fsp3) is 0.327. The first-order valence-electron chi connectivity index (χ1n) is 22.3. The number of hydrogen-bond donors (Lipinski definition) is 0. The summed E-state index contributed by atoms with van der Waals surface area (Å²) in [7, 11) is 0. The number of fused-ring (bicyclic) bond motifs is 2. The van der Waals surface area contributed by atoms with Gasteiger partial charge in [-0.25, -0.2) is 0 Å². The molecule has 0 N–H and O–H groups in total. The van der Waals surface area contributed by atoms with Gasteiger partial charge in [0.05, 0.1) is 17.1 Å². The second-order valence-corrected chi connectivity index (χ2v) is 16.7. The standard InChI is InChI=1S/C55H59N3/c1-4-10-16-45-25-34-51-41-58-55(38-52(51)37-45)50-32-23-44(24-33-50)15-9-3-6-12-18-47-27-36-54(57-40-47)49-30-21-43(22-31-49)14-8-2-5-11-17-46-26-35-53(56-39-46)48-28-19-42(13-7-1)20-29-48/h19-41H,1-18H2. The molecule has 8 aliphatic rings. The molecular weight excluding hydrogens is 703 g/mol. The monoisotopic (exact) mass is 761 g/mol. The fourth-order valence-corrected chi connectivity index (χ4v) is 8.55. The molecule has 0 saturated heterocycles. The lowest BCUT2D eigenvalue weighted by Gasteiger charge is -2.08. The maximum Gasteiger partial charge on any atom is 0.0708 e. The Balaban J connectivity index is 0.881. The molecule has 58 heavy (non-hydrogen) atoms. The van der Waals surface area contributed by atoms with E-state index in [1.165, 1.54) is 138 Å². The molecule has 3 nitrogen and oxygen atoms in total. The highest BCUT2D eigenvalue weighted by Crippen LogP contribution is 2.26. The summed E-state index contributed by atoms with van der Waals surface area (Å²) in [6.07, 6.45) is 27.8. The first kappa shape index (κ1) is 39.4. The fourth-order valence-electron chi connectivity index (χ4n) is 8.55. The highest BCUT2D eigenvalue weighted by atomic mass is 14.7. The van der Waals surface area contributed by atoms with E-state index in [0.717, 1.165) is 55.6 Å². The van der Waals surface area contributed by atoms with Crippen LogP contribution in [0.1, 0.15) is 110 Å². The summed E-state index contributed by atoms with van der Waals surface area (Å²) in [5.74, 6) is 0. The van der Waals surface area contributed by atoms with E-state index < -0.39 is 0 Å². The van der Waals surface area contributed by atoms with E-state index in [-0.39, 0.29) is 0 Å². The van der Waals surface area contributed by atoms with E-state index in [2.05, 4.69) is 134 Å². The predicted molar refractivity (Wildman–Crippen MR) is 244 cm³/mol. The number of aromatic nitrogens is 3. The van der Waals surface area contributed by atoms with Gasteiger partial charge in [0.2, 0.25) is 0 Å². The average Bonchev–Trinajstić information content (AvgIpc) is 3.28. The Bertz CT molecular complexity index is 2310. The van der Waals surface area contributed by atoms with Gasteiger partial charge in [0.25, 0.3) is 0 Å². The van der Waals surface area contributed by atoms with Crippen LogP contribution >= 0.6 is 0 Å². The molecule has 0 amide bonds. The Morgan fingerprint density at radius 1 is 0.241 bits per heavy atom. The molecule has 3 heteroatoms. The molecular formula is C55H59N3. The molecule has 0 radical (unpaired) electrons. The molecule has 15 rings (SSSR count). The minimum Gasteiger partial charge on any atom is -0.256 e. The van der Waals surface area contributed by atoms with E-state index in [9.17, 15) is 0 Å². The molecule has 0 spiro atoms. The van der Waals surface area contributed by atoms with Crippen molar-refractivity contribution >= 4 is 10.8 Å². The molecule has 3 aromatic heterocycles. The van der Waals surface area contributed by atoms with Crippen molar-refractivity contribution in [1.29, 1.82) is 0 Å². The Labute approximate surface area is 347 Å². The van der Waals surface area contributed by atoms with Crippen molar-refractivity contribution in [2.75, 3.05) is 0 Å². The summed E-state index contributed by atoms with van der Waals surface area (Å²) in [5, 5.41) is 2.50. The normalized spacial score (nSPS) is 15.4. The van der Waals surface area contributed by atoms with Gasteiger partial charge < -0.3 is 0 Å². The number of pyridine rings is 3. The largest absolute Gasteiger partial charge is 0.256 e. The van der Waals surface area contributed by atoms with Crippen LogP contribution in [0.25, 0.3) is 44.5 Å². The number of aryl methyl sites for hydroxylation is 6. The predicted octanol–water partition coefficient (Wildman–Crippen LogP) is 14.4. The molecule has 0 atom stereocenters. The van der Waals surface area contributed by atoms with Crippen molar-refractivity contribution < 1.29 is 0 Å². The van der Waals surface area contributed by atoms with E-state index >= 15 is 0 Å². The van der Waals surface area contributed by atoms with Gasteiger partial charge in [-0.2, -0.15) is 0 Å². The van der Waals surface area contributed by atoms with Crippen molar-refractivity contribution in [1.82, 2.24) is 15.0 Å². The quantitative estimate of drug-likeness (QED) is 0.154. The van der Waals surface area contributed by atoms with Crippen LogP contribution in [0.4, 0.5) is 0 Å². The van der Waals surface area contributed by atoms with Crippen LogP contribution < -0.4 is 0 Å². The number of nitrogens with zero attached hydrogens (tertiary/aromatic N) is 3. The zero-order valence-electron chi connectivity index (χ0n) is 34.3. The summed E-state index contributed by atoms with van der Waals surface area (Å²) >= 11 is 0. The number of rotatable bonds is 0. The molecule has 4 aliphatic heterocycles. The molecule has 0 fully saturated rings. The summed E-state index contributed by atoms with van der Waals surface area (Å²) in [6, 6.07) is 45.4. The van der Waals surface area contributed by atoms with Gasteiger partial charge in [-0.1, -0.05) is 142 Å². The van der Waals surface area contributed by atoms with Gasteiger partial charge in [0.1, 0.15) is 0 Å². The van der Waals surface area contributed by atoms with Crippen LogP contribution in [0, 0.1) is 0 Å². The maximum atomic E-state index is 4.83. The van der Waals surface area contributed by atoms with Crippen molar-refractivity contribution in [3.63, 3.8) is 0 Å².